The Morgan fingerprint density at radius 2 is 2.12 bits per heavy atom. The lowest BCUT2D eigenvalue weighted by Crippen LogP contribution is -2.40. The van der Waals surface area contributed by atoms with Gasteiger partial charge in [-0.15, -0.1) is 0 Å². The van der Waals surface area contributed by atoms with Gasteiger partial charge in [-0.1, -0.05) is 20.8 Å². The lowest BCUT2D eigenvalue weighted by Gasteiger charge is -2.34. The highest BCUT2D eigenvalue weighted by Gasteiger charge is 2.33. The minimum Gasteiger partial charge on any atom is -0.376 e. The molecular formula is C12H23N3O. The van der Waals surface area contributed by atoms with Crippen molar-refractivity contribution >= 4 is 0 Å². The van der Waals surface area contributed by atoms with Gasteiger partial charge in [-0.2, -0.15) is 0 Å². The highest BCUT2D eigenvalue weighted by atomic mass is 16.5. The fourth-order valence-electron chi connectivity index (χ4n) is 1.91. The molecule has 0 fully saturated rings. The van der Waals surface area contributed by atoms with Gasteiger partial charge in [0.05, 0.1) is 12.1 Å². The maximum Gasteiger partial charge on any atom is 0.128 e. The highest BCUT2D eigenvalue weighted by molar-refractivity contribution is 5.02. The third kappa shape index (κ3) is 2.83. The monoisotopic (exact) mass is 225 g/mol. The second kappa shape index (κ2) is 4.97. The van der Waals surface area contributed by atoms with Gasteiger partial charge in [0, 0.05) is 26.0 Å². The molecule has 0 aliphatic rings. The van der Waals surface area contributed by atoms with E-state index in [1.807, 2.05) is 24.7 Å². The molecule has 2 unspecified atom stereocenters. The maximum absolute atomic E-state index is 6.25. The van der Waals surface area contributed by atoms with E-state index in [0.29, 0.717) is 6.61 Å². The summed E-state index contributed by atoms with van der Waals surface area (Å²) in [7, 11) is 1.95. The fraction of sp³-hybridized carbons (Fsp3) is 0.750. The third-order valence-electron chi connectivity index (χ3n) is 2.68. The van der Waals surface area contributed by atoms with Gasteiger partial charge in [-0.05, 0) is 12.3 Å². The topological polar surface area (TPSA) is 53.1 Å². The predicted octanol–water partition coefficient (Wildman–Crippen LogP) is 1.87. The number of rotatable bonds is 4. The summed E-state index contributed by atoms with van der Waals surface area (Å²) in [5, 5.41) is 0. The first-order valence-electron chi connectivity index (χ1n) is 5.72. The van der Waals surface area contributed by atoms with E-state index in [0.717, 1.165) is 5.82 Å². The van der Waals surface area contributed by atoms with Crippen molar-refractivity contribution < 1.29 is 4.74 Å². The second-order valence-electron chi connectivity index (χ2n) is 5.16. The molecule has 0 aromatic carbocycles. The molecule has 0 amide bonds. The van der Waals surface area contributed by atoms with Gasteiger partial charge in [0.25, 0.3) is 0 Å². The van der Waals surface area contributed by atoms with Crippen LogP contribution in [-0.4, -0.2) is 22.3 Å². The van der Waals surface area contributed by atoms with Crippen molar-refractivity contribution in [3.63, 3.8) is 0 Å². The van der Waals surface area contributed by atoms with Crippen LogP contribution in [0.3, 0.4) is 0 Å². The Kier molecular flexibility index (Phi) is 4.10. The molecular weight excluding hydrogens is 202 g/mol. The summed E-state index contributed by atoms with van der Waals surface area (Å²) in [6.45, 7) is 9.06. The molecule has 4 nitrogen and oxygen atoms in total. The molecule has 92 valence electrons. The van der Waals surface area contributed by atoms with Crippen molar-refractivity contribution in [1.29, 1.82) is 0 Å². The molecule has 0 saturated carbocycles. The molecule has 0 aliphatic carbocycles. The number of aromatic nitrogens is 2. The number of hydrogen-bond acceptors (Lipinski definition) is 3. The molecule has 2 N–H and O–H groups in total. The highest BCUT2D eigenvalue weighted by Crippen LogP contribution is 2.30. The van der Waals surface area contributed by atoms with Crippen LogP contribution in [0.5, 0.6) is 0 Å². The number of hydrogen-bond donors (Lipinski definition) is 1. The Morgan fingerprint density at radius 1 is 1.50 bits per heavy atom. The van der Waals surface area contributed by atoms with Crippen LogP contribution < -0.4 is 5.73 Å². The standard InChI is InChI=1S/C12H23N3O/c1-6-16-10(12(2,3)4)9(13)11-14-7-8-15(11)5/h7-10H,6,13H2,1-5H3. The van der Waals surface area contributed by atoms with Crippen LogP contribution in [0.4, 0.5) is 0 Å². The quantitative estimate of drug-likeness (QED) is 0.851. The average Bonchev–Trinajstić information content (AvgIpc) is 2.58. The van der Waals surface area contributed by atoms with Crippen LogP contribution in [-0.2, 0) is 11.8 Å². The van der Waals surface area contributed by atoms with Gasteiger partial charge in [0.15, 0.2) is 0 Å². The zero-order chi connectivity index (χ0) is 12.3. The smallest absolute Gasteiger partial charge is 0.128 e. The Labute approximate surface area is 97.8 Å². The number of aryl methyl sites for hydroxylation is 1. The van der Waals surface area contributed by atoms with E-state index in [2.05, 4.69) is 25.8 Å². The number of imidazole rings is 1. The molecule has 4 heteroatoms. The van der Waals surface area contributed by atoms with Crippen molar-refractivity contribution in [1.82, 2.24) is 9.55 Å². The molecule has 0 spiro atoms. The van der Waals surface area contributed by atoms with Crippen LogP contribution >= 0.6 is 0 Å². The first kappa shape index (κ1) is 13.2. The molecule has 16 heavy (non-hydrogen) atoms. The van der Waals surface area contributed by atoms with Crippen molar-refractivity contribution in [3.05, 3.63) is 18.2 Å². The van der Waals surface area contributed by atoms with Crippen molar-refractivity contribution in [3.8, 4) is 0 Å². The molecule has 1 aromatic rings. The largest absolute Gasteiger partial charge is 0.376 e. The summed E-state index contributed by atoms with van der Waals surface area (Å²) < 4.78 is 7.72. The van der Waals surface area contributed by atoms with Gasteiger partial charge in [-0.25, -0.2) is 4.98 Å². The lowest BCUT2D eigenvalue weighted by atomic mass is 9.84. The first-order valence-corrected chi connectivity index (χ1v) is 5.72. The number of nitrogens with zero attached hydrogens (tertiary/aromatic N) is 2. The zero-order valence-corrected chi connectivity index (χ0v) is 10.9. The molecule has 0 bridgehead atoms. The van der Waals surface area contributed by atoms with E-state index < -0.39 is 0 Å². The van der Waals surface area contributed by atoms with Crippen LogP contribution in [0.2, 0.25) is 0 Å². The molecule has 0 radical (unpaired) electrons. The molecule has 0 aliphatic heterocycles. The summed E-state index contributed by atoms with van der Waals surface area (Å²) in [6, 6.07) is -0.194. The van der Waals surface area contributed by atoms with Crippen molar-refractivity contribution in [2.45, 2.75) is 39.8 Å². The van der Waals surface area contributed by atoms with Gasteiger partial charge in [-0.3, -0.25) is 0 Å². The van der Waals surface area contributed by atoms with E-state index in [1.165, 1.54) is 0 Å². The Hall–Kier alpha value is -0.870. The molecule has 2 atom stereocenters. The van der Waals surface area contributed by atoms with E-state index in [9.17, 15) is 0 Å². The molecule has 0 saturated heterocycles. The summed E-state index contributed by atoms with van der Waals surface area (Å²) in [6.07, 6.45) is 3.64. The predicted molar refractivity (Wildman–Crippen MR) is 65.0 cm³/mol. The van der Waals surface area contributed by atoms with Crippen LogP contribution in [0.1, 0.15) is 39.6 Å². The van der Waals surface area contributed by atoms with E-state index in [4.69, 9.17) is 10.5 Å². The minimum atomic E-state index is -0.194. The molecule has 1 rings (SSSR count). The van der Waals surface area contributed by atoms with Crippen molar-refractivity contribution in [2.75, 3.05) is 6.61 Å². The van der Waals surface area contributed by atoms with Crippen LogP contribution in [0.25, 0.3) is 0 Å². The molecule has 1 aromatic heterocycles. The summed E-state index contributed by atoms with van der Waals surface area (Å²) in [4.78, 5) is 4.29. The lowest BCUT2D eigenvalue weighted by molar-refractivity contribution is -0.0304. The van der Waals surface area contributed by atoms with E-state index in [-0.39, 0.29) is 17.6 Å². The van der Waals surface area contributed by atoms with Crippen LogP contribution in [0, 0.1) is 5.41 Å². The van der Waals surface area contributed by atoms with E-state index in [1.54, 1.807) is 6.20 Å². The molecule has 1 heterocycles. The SMILES string of the molecule is CCOC(C(N)c1nccn1C)C(C)(C)C. The summed E-state index contributed by atoms with van der Waals surface area (Å²) in [5.41, 5.74) is 6.25. The zero-order valence-electron chi connectivity index (χ0n) is 10.9. The minimum absolute atomic E-state index is 0.00137. The fourth-order valence-corrected chi connectivity index (χ4v) is 1.91. The third-order valence-corrected chi connectivity index (χ3v) is 2.68. The average molecular weight is 225 g/mol. The number of ether oxygens (including phenoxy) is 1. The van der Waals surface area contributed by atoms with Crippen molar-refractivity contribution in [2.24, 2.45) is 18.2 Å². The first-order chi connectivity index (χ1) is 7.38. The summed E-state index contributed by atoms with van der Waals surface area (Å²) >= 11 is 0. The van der Waals surface area contributed by atoms with Gasteiger partial charge in [0.2, 0.25) is 0 Å². The Morgan fingerprint density at radius 3 is 2.50 bits per heavy atom. The maximum atomic E-state index is 6.25. The summed E-state index contributed by atoms with van der Waals surface area (Å²) in [5.74, 6) is 0.869. The van der Waals surface area contributed by atoms with Gasteiger partial charge >= 0.3 is 0 Å². The Bertz CT molecular complexity index is 327. The van der Waals surface area contributed by atoms with Gasteiger partial charge in [0.1, 0.15) is 5.82 Å². The Balaban J connectivity index is 2.92. The van der Waals surface area contributed by atoms with Crippen LogP contribution in [0.15, 0.2) is 12.4 Å². The normalized spacial score (nSPS) is 16.1. The second-order valence-corrected chi connectivity index (χ2v) is 5.16. The number of nitrogens with two attached hydrogens (primary N) is 1. The van der Waals surface area contributed by atoms with Gasteiger partial charge < -0.3 is 15.0 Å². The van der Waals surface area contributed by atoms with E-state index >= 15 is 0 Å².